The highest BCUT2D eigenvalue weighted by Gasteiger charge is 2.11. The van der Waals surface area contributed by atoms with Crippen LogP contribution in [0.1, 0.15) is 17.2 Å². The minimum atomic E-state index is -0.852. The molecule has 1 atom stereocenters. The predicted octanol–water partition coefficient (Wildman–Crippen LogP) is 2.66. The SMILES string of the molecule is COc1ccc(CNC[C@@H](O)c2ccccc2F)cc1. The number of nitrogens with one attached hydrogen (secondary N) is 1. The number of hydrogen-bond donors (Lipinski definition) is 2. The van der Waals surface area contributed by atoms with E-state index in [4.69, 9.17) is 4.74 Å². The van der Waals surface area contributed by atoms with Gasteiger partial charge in [-0.15, -0.1) is 0 Å². The summed E-state index contributed by atoms with van der Waals surface area (Å²) in [6.07, 6.45) is -0.852. The number of hydrogen-bond acceptors (Lipinski definition) is 3. The van der Waals surface area contributed by atoms with Crippen molar-refractivity contribution < 1.29 is 14.2 Å². The lowest BCUT2D eigenvalue weighted by molar-refractivity contribution is 0.169. The Kier molecular flexibility index (Phi) is 5.09. The van der Waals surface area contributed by atoms with Crippen molar-refractivity contribution in [3.63, 3.8) is 0 Å². The maximum absolute atomic E-state index is 13.5. The Morgan fingerprint density at radius 3 is 2.50 bits per heavy atom. The largest absolute Gasteiger partial charge is 0.497 e. The Hall–Kier alpha value is -1.91. The molecule has 0 heterocycles. The van der Waals surface area contributed by atoms with Gasteiger partial charge in [-0.2, -0.15) is 0 Å². The minimum absolute atomic E-state index is 0.299. The number of rotatable bonds is 6. The number of halogens is 1. The van der Waals surface area contributed by atoms with E-state index in [1.807, 2.05) is 24.3 Å². The number of methoxy groups -OCH3 is 1. The predicted molar refractivity (Wildman–Crippen MR) is 76.1 cm³/mol. The van der Waals surface area contributed by atoms with Crippen LogP contribution >= 0.6 is 0 Å². The van der Waals surface area contributed by atoms with Crippen molar-refractivity contribution in [3.8, 4) is 5.75 Å². The first-order valence-corrected chi connectivity index (χ1v) is 6.47. The molecule has 4 heteroatoms. The number of benzene rings is 2. The third-order valence-electron chi connectivity index (χ3n) is 3.09. The highest BCUT2D eigenvalue weighted by Crippen LogP contribution is 2.16. The lowest BCUT2D eigenvalue weighted by Crippen LogP contribution is -2.21. The van der Waals surface area contributed by atoms with E-state index in [-0.39, 0.29) is 5.82 Å². The van der Waals surface area contributed by atoms with Gasteiger partial charge in [0.2, 0.25) is 0 Å². The van der Waals surface area contributed by atoms with Gasteiger partial charge < -0.3 is 15.2 Å². The van der Waals surface area contributed by atoms with Gasteiger partial charge in [-0.1, -0.05) is 30.3 Å². The first-order valence-electron chi connectivity index (χ1n) is 6.47. The summed E-state index contributed by atoms with van der Waals surface area (Å²) in [6.45, 7) is 0.905. The average Bonchev–Trinajstić information content (AvgIpc) is 2.48. The van der Waals surface area contributed by atoms with Crippen LogP contribution in [0.5, 0.6) is 5.75 Å². The highest BCUT2D eigenvalue weighted by molar-refractivity contribution is 5.27. The average molecular weight is 275 g/mol. The van der Waals surface area contributed by atoms with E-state index in [0.717, 1.165) is 11.3 Å². The molecule has 2 rings (SSSR count). The third kappa shape index (κ3) is 3.79. The Balaban J connectivity index is 1.84. The summed E-state index contributed by atoms with van der Waals surface area (Å²) in [7, 11) is 1.62. The van der Waals surface area contributed by atoms with E-state index < -0.39 is 6.10 Å². The van der Waals surface area contributed by atoms with Crippen LogP contribution in [0.2, 0.25) is 0 Å². The van der Waals surface area contributed by atoms with Crippen LogP contribution < -0.4 is 10.1 Å². The molecule has 0 aromatic heterocycles. The molecule has 0 unspecified atom stereocenters. The molecule has 20 heavy (non-hydrogen) atoms. The van der Waals surface area contributed by atoms with Crippen LogP contribution in [0.4, 0.5) is 4.39 Å². The molecule has 2 aromatic rings. The van der Waals surface area contributed by atoms with Gasteiger partial charge in [0.15, 0.2) is 0 Å². The fourth-order valence-electron chi connectivity index (χ4n) is 1.95. The van der Waals surface area contributed by atoms with Crippen LogP contribution in [0, 0.1) is 5.82 Å². The molecule has 2 aromatic carbocycles. The van der Waals surface area contributed by atoms with E-state index in [1.54, 1.807) is 25.3 Å². The van der Waals surface area contributed by atoms with Gasteiger partial charge in [0.25, 0.3) is 0 Å². The van der Waals surface area contributed by atoms with Crippen molar-refractivity contribution in [2.24, 2.45) is 0 Å². The summed E-state index contributed by atoms with van der Waals surface area (Å²) in [5, 5.41) is 13.0. The summed E-state index contributed by atoms with van der Waals surface area (Å²) in [5.41, 5.74) is 1.39. The molecular formula is C16H18FNO2. The quantitative estimate of drug-likeness (QED) is 0.851. The molecule has 0 spiro atoms. The van der Waals surface area contributed by atoms with Gasteiger partial charge >= 0.3 is 0 Å². The molecule has 0 aliphatic heterocycles. The van der Waals surface area contributed by atoms with E-state index in [1.165, 1.54) is 6.07 Å². The summed E-state index contributed by atoms with van der Waals surface area (Å²) in [4.78, 5) is 0. The molecule has 0 aliphatic rings. The second-order valence-corrected chi connectivity index (χ2v) is 4.52. The second kappa shape index (κ2) is 7.03. The Labute approximate surface area is 118 Å². The zero-order chi connectivity index (χ0) is 14.4. The standard InChI is InChI=1S/C16H18FNO2/c1-20-13-8-6-12(7-9-13)10-18-11-16(19)14-4-2-3-5-15(14)17/h2-9,16,18-19H,10-11H2,1H3/t16-/m1/s1. The van der Waals surface area contributed by atoms with Gasteiger partial charge in [0, 0.05) is 18.7 Å². The zero-order valence-electron chi connectivity index (χ0n) is 11.3. The lowest BCUT2D eigenvalue weighted by Gasteiger charge is -2.13. The third-order valence-corrected chi connectivity index (χ3v) is 3.09. The first-order chi connectivity index (χ1) is 9.70. The van der Waals surface area contributed by atoms with E-state index in [0.29, 0.717) is 18.7 Å². The molecule has 2 N–H and O–H groups in total. The Morgan fingerprint density at radius 2 is 1.85 bits per heavy atom. The smallest absolute Gasteiger partial charge is 0.129 e. The van der Waals surface area contributed by atoms with Crippen LogP contribution in [-0.2, 0) is 6.54 Å². The number of aliphatic hydroxyl groups excluding tert-OH is 1. The summed E-state index contributed by atoms with van der Waals surface area (Å²) in [5.74, 6) is 0.423. The Bertz CT molecular complexity index is 542. The normalized spacial score (nSPS) is 12.2. The van der Waals surface area contributed by atoms with E-state index >= 15 is 0 Å². The van der Waals surface area contributed by atoms with Crippen LogP contribution in [0.25, 0.3) is 0 Å². The van der Waals surface area contributed by atoms with Crippen molar-refractivity contribution in [3.05, 3.63) is 65.5 Å². The second-order valence-electron chi connectivity index (χ2n) is 4.52. The molecule has 3 nitrogen and oxygen atoms in total. The maximum atomic E-state index is 13.5. The van der Waals surface area contributed by atoms with Gasteiger partial charge in [-0.05, 0) is 23.8 Å². The molecule has 0 saturated heterocycles. The summed E-state index contributed by atoms with van der Waals surface area (Å²) in [6, 6.07) is 13.9. The van der Waals surface area contributed by atoms with Gasteiger partial charge in [-0.3, -0.25) is 0 Å². The molecule has 0 amide bonds. The monoisotopic (exact) mass is 275 g/mol. The summed E-state index contributed by atoms with van der Waals surface area (Å²) < 4.78 is 18.6. The molecule has 106 valence electrons. The van der Waals surface area contributed by atoms with Gasteiger partial charge in [0.1, 0.15) is 11.6 Å². The molecular weight excluding hydrogens is 257 g/mol. The minimum Gasteiger partial charge on any atom is -0.497 e. The summed E-state index contributed by atoms with van der Waals surface area (Å²) >= 11 is 0. The number of aliphatic hydroxyl groups is 1. The molecule has 0 radical (unpaired) electrons. The topological polar surface area (TPSA) is 41.5 Å². The Morgan fingerprint density at radius 1 is 1.15 bits per heavy atom. The molecule has 0 bridgehead atoms. The van der Waals surface area contributed by atoms with Gasteiger partial charge in [0.05, 0.1) is 13.2 Å². The molecule has 0 aliphatic carbocycles. The van der Waals surface area contributed by atoms with Crippen LogP contribution in [0.15, 0.2) is 48.5 Å². The van der Waals surface area contributed by atoms with Gasteiger partial charge in [-0.25, -0.2) is 4.39 Å². The van der Waals surface area contributed by atoms with Crippen molar-refractivity contribution >= 4 is 0 Å². The van der Waals surface area contributed by atoms with Crippen LogP contribution in [0.3, 0.4) is 0 Å². The maximum Gasteiger partial charge on any atom is 0.129 e. The van der Waals surface area contributed by atoms with Crippen molar-refractivity contribution in [2.45, 2.75) is 12.6 Å². The fraction of sp³-hybridized carbons (Fsp3) is 0.250. The highest BCUT2D eigenvalue weighted by atomic mass is 19.1. The number of ether oxygens (including phenoxy) is 1. The van der Waals surface area contributed by atoms with Crippen molar-refractivity contribution in [1.29, 1.82) is 0 Å². The molecule has 0 saturated carbocycles. The van der Waals surface area contributed by atoms with Crippen molar-refractivity contribution in [2.75, 3.05) is 13.7 Å². The fourth-order valence-corrected chi connectivity index (χ4v) is 1.95. The zero-order valence-corrected chi connectivity index (χ0v) is 11.3. The first kappa shape index (κ1) is 14.5. The van der Waals surface area contributed by atoms with Crippen molar-refractivity contribution in [1.82, 2.24) is 5.32 Å². The van der Waals surface area contributed by atoms with Crippen LogP contribution in [-0.4, -0.2) is 18.8 Å². The van der Waals surface area contributed by atoms with E-state index in [2.05, 4.69) is 5.32 Å². The van der Waals surface area contributed by atoms with E-state index in [9.17, 15) is 9.50 Å². The molecule has 0 fully saturated rings. The lowest BCUT2D eigenvalue weighted by atomic mass is 10.1.